The van der Waals surface area contributed by atoms with Crippen LogP contribution < -0.4 is 14.8 Å². The van der Waals surface area contributed by atoms with Gasteiger partial charge in [0.25, 0.3) is 0 Å². The molecule has 2 heterocycles. The fourth-order valence-corrected chi connectivity index (χ4v) is 4.36. The number of piperidine rings is 1. The van der Waals surface area contributed by atoms with Crippen LogP contribution >= 0.6 is 0 Å². The summed E-state index contributed by atoms with van der Waals surface area (Å²) < 4.78 is 29.2. The zero-order valence-corrected chi connectivity index (χ0v) is 20.3. The molecule has 0 aliphatic carbocycles. The number of nitrogens with one attached hydrogen (secondary N) is 1. The summed E-state index contributed by atoms with van der Waals surface area (Å²) in [7, 11) is 3.21. The molecule has 0 spiro atoms. The average molecular weight is 483 g/mol. The Morgan fingerprint density at radius 2 is 1.86 bits per heavy atom. The summed E-state index contributed by atoms with van der Waals surface area (Å²) in [5.41, 5.74) is 1.70. The highest BCUT2D eigenvalue weighted by Crippen LogP contribution is 2.31. The topological polar surface area (TPSA) is 89.7 Å². The third-order valence-corrected chi connectivity index (χ3v) is 6.42. The van der Waals surface area contributed by atoms with Crippen LogP contribution in [0.5, 0.6) is 11.5 Å². The van der Waals surface area contributed by atoms with Gasteiger partial charge in [0.2, 0.25) is 17.6 Å². The lowest BCUT2D eigenvalue weighted by Crippen LogP contribution is -2.41. The molecule has 1 fully saturated rings. The summed E-state index contributed by atoms with van der Waals surface area (Å²) in [5, 5.41) is 7.21. The number of aromatic nitrogens is 2. The molecule has 186 valence electrons. The lowest BCUT2D eigenvalue weighted by atomic mass is 9.94. The molecule has 1 aromatic heterocycles. The molecule has 0 radical (unpaired) electrons. The lowest BCUT2D eigenvalue weighted by molar-refractivity contribution is -0.127. The van der Waals surface area contributed by atoms with E-state index in [9.17, 15) is 9.18 Å². The van der Waals surface area contributed by atoms with Gasteiger partial charge in [0, 0.05) is 11.5 Å². The first kappa shape index (κ1) is 24.7. The molecule has 3 aromatic rings. The van der Waals surface area contributed by atoms with Crippen molar-refractivity contribution in [1.82, 2.24) is 20.4 Å². The number of halogens is 1. The Balaban J connectivity index is 1.30. The molecule has 1 unspecified atom stereocenters. The van der Waals surface area contributed by atoms with Crippen LogP contribution in [-0.2, 0) is 11.3 Å². The summed E-state index contributed by atoms with van der Waals surface area (Å²) in [4.78, 5) is 19.6. The number of benzene rings is 2. The second-order valence-corrected chi connectivity index (χ2v) is 8.65. The highest BCUT2D eigenvalue weighted by molar-refractivity contribution is 5.79. The Bertz CT molecular complexity index is 1130. The molecule has 1 amide bonds. The SMILES string of the molecule is CCC(NC(=O)C1CCN(Cc2nc(-c3ccc(F)cc3)no2)CC1)c1ccc(OC)c(OC)c1. The summed E-state index contributed by atoms with van der Waals surface area (Å²) in [6.07, 6.45) is 2.29. The van der Waals surface area contributed by atoms with Gasteiger partial charge in [0.05, 0.1) is 26.8 Å². The van der Waals surface area contributed by atoms with Gasteiger partial charge in [-0.2, -0.15) is 4.98 Å². The molecule has 8 nitrogen and oxygen atoms in total. The molecule has 1 aliphatic heterocycles. The minimum Gasteiger partial charge on any atom is -0.493 e. The molecule has 35 heavy (non-hydrogen) atoms. The summed E-state index contributed by atoms with van der Waals surface area (Å²) >= 11 is 0. The first-order valence-corrected chi connectivity index (χ1v) is 11.8. The van der Waals surface area contributed by atoms with Gasteiger partial charge in [-0.15, -0.1) is 0 Å². The van der Waals surface area contributed by atoms with E-state index in [0.29, 0.717) is 35.3 Å². The van der Waals surface area contributed by atoms with Crippen LogP contribution in [0.2, 0.25) is 0 Å². The molecular formula is C26H31FN4O4. The number of ether oxygens (including phenoxy) is 2. The maximum absolute atomic E-state index is 13.1. The largest absolute Gasteiger partial charge is 0.493 e. The molecule has 1 N–H and O–H groups in total. The third kappa shape index (κ3) is 5.97. The zero-order chi connectivity index (χ0) is 24.8. The first-order valence-electron chi connectivity index (χ1n) is 11.8. The van der Waals surface area contributed by atoms with Crippen molar-refractivity contribution < 1.29 is 23.2 Å². The van der Waals surface area contributed by atoms with Crippen LogP contribution in [0.1, 0.15) is 43.7 Å². The van der Waals surface area contributed by atoms with E-state index >= 15 is 0 Å². The second-order valence-electron chi connectivity index (χ2n) is 8.65. The minimum absolute atomic E-state index is 0.0436. The van der Waals surface area contributed by atoms with Gasteiger partial charge in [0.15, 0.2) is 11.5 Å². The number of carbonyl (C=O) groups is 1. The zero-order valence-electron chi connectivity index (χ0n) is 20.3. The number of nitrogens with zero attached hydrogens (tertiary/aromatic N) is 3. The van der Waals surface area contributed by atoms with Crippen LogP contribution in [0, 0.1) is 11.7 Å². The predicted molar refractivity (Wildman–Crippen MR) is 128 cm³/mol. The van der Waals surface area contributed by atoms with E-state index in [0.717, 1.165) is 37.9 Å². The maximum Gasteiger partial charge on any atom is 0.241 e. The van der Waals surface area contributed by atoms with Crippen LogP contribution in [0.25, 0.3) is 11.4 Å². The van der Waals surface area contributed by atoms with Crippen molar-refractivity contribution in [2.75, 3.05) is 27.3 Å². The molecule has 0 bridgehead atoms. The van der Waals surface area contributed by atoms with Gasteiger partial charge >= 0.3 is 0 Å². The first-order chi connectivity index (χ1) is 17.0. The van der Waals surface area contributed by atoms with Crippen molar-refractivity contribution in [3.8, 4) is 22.9 Å². The Kier molecular flexibility index (Phi) is 7.97. The fraction of sp³-hybridized carbons (Fsp3) is 0.423. The molecule has 2 aromatic carbocycles. The molecule has 4 rings (SSSR count). The molecule has 1 saturated heterocycles. The molecule has 9 heteroatoms. The highest BCUT2D eigenvalue weighted by Gasteiger charge is 2.27. The molecule has 1 aliphatic rings. The number of hydrogen-bond acceptors (Lipinski definition) is 7. The van der Waals surface area contributed by atoms with E-state index in [1.807, 2.05) is 18.2 Å². The summed E-state index contributed by atoms with van der Waals surface area (Å²) in [6.45, 7) is 4.10. The quantitative estimate of drug-likeness (QED) is 0.484. The van der Waals surface area contributed by atoms with E-state index < -0.39 is 0 Å². The van der Waals surface area contributed by atoms with Crippen molar-refractivity contribution >= 4 is 5.91 Å². The van der Waals surface area contributed by atoms with E-state index in [2.05, 4.69) is 27.3 Å². The van der Waals surface area contributed by atoms with Gasteiger partial charge in [-0.1, -0.05) is 18.1 Å². The van der Waals surface area contributed by atoms with E-state index in [-0.39, 0.29) is 23.7 Å². The van der Waals surface area contributed by atoms with Crippen molar-refractivity contribution in [2.45, 2.75) is 38.8 Å². The molecule has 0 saturated carbocycles. The highest BCUT2D eigenvalue weighted by atomic mass is 19.1. The van der Waals surface area contributed by atoms with Gasteiger partial charge in [-0.05, 0) is 74.3 Å². The standard InChI is InChI=1S/C26H31FN4O4/c1-4-21(19-7-10-22(33-2)23(15-19)34-3)28-26(32)18-11-13-31(14-12-18)16-24-29-25(30-35-24)17-5-8-20(27)9-6-17/h5-10,15,18,21H,4,11-14,16H2,1-3H3,(H,28,32). The molecular weight excluding hydrogens is 451 g/mol. The lowest BCUT2D eigenvalue weighted by Gasteiger charge is -2.31. The predicted octanol–water partition coefficient (Wildman–Crippen LogP) is 4.37. The van der Waals surface area contributed by atoms with E-state index in [1.54, 1.807) is 26.4 Å². The summed E-state index contributed by atoms with van der Waals surface area (Å²) in [5.74, 6) is 1.98. The van der Waals surface area contributed by atoms with Gasteiger partial charge in [0.1, 0.15) is 5.82 Å². The Hall–Kier alpha value is -3.46. The van der Waals surface area contributed by atoms with Gasteiger partial charge in [-0.3, -0.25) is 9.69 Å². The number of carbonyl (C=O) groups excluding carboxylic acids is 1. The Morgan fingerprint density at radius 1 is 1.14 bits per heavy atom. The number of amides is 1. The normalized spacial score (nSPS) is 15.5. The Morgan fingerprint density at radius 3 is 2.51 bits per heavy atom. The second kappa shape index (κ2) is 11.3. The number of methoxy groups -OCH3 is 2. The number of likely N-dealkylation sites (tertiary alicyclic amines) is 1. The van der Waals surface area contributed by atoms with Gasteiger partial charge < -0.3 is 19.3 Å². The maximum atomic E-state index is 13.1. The monoisotopic (exact) mass is 482 g/mol. The van der Waals surface area contributed by atoms with Crippen molar-refractivity contribution in [3.63, 3.8) is 0 Å². The summed E-state index contributed by atoms with van der Waals surface area (Å²) in [6, 6.07) is 11.6. The minimum atomic E-state index is -0.307. The van der Waals surface area contributed by atoms with E-state index in [4.69, 9.17) is 14.0 Å². The smallest absolute Gasteiger partial charge is 0.241 e. The van der Waals surface area contributed by atoms with Crippen LogP contribution in [0.3, 0.4) is 0 Å². The van der Waals surface area contributed by atoms with Crippen LogP contribution in [0.4, 0.5) is 4.39 Å². The Labute approximate surface area is 204 Å². The van der Waals surface area contributed by atoms with Crippen molar-refractivity contribution in [3.05, 3.63) is 59.7 Å². The third-order valence-electron chi connectivity index (χ3n) is 6.42. The van der Waals surface area contributed by atoms with E-state index in [1.165, 1.54) is 12.1 Å². The van der Waals surface area contributed by atoms with Crippen molar-refractivity contribution in [2.24, 2.45) is 5.92 Å². The average Bonchev–Trinajstić information content (AvgIpc) is 3.36. The van der Waals surface area contributed by atoms with Crippen LogP contribution in [0.15, 0.2) is 47.0 Å². The molecule has 1 atom stereocenters. The fourth-order valence-electron chi connectivity index (χ4n) is 4.36. The number of rotatable bonds is 9. The van der Waals surface area contributed by atoms with Gasteiger partial charge in [-0.25, -0.2) is 4.39 Å². The number of hydrogen-bond donors (Lipinski definition) is 1. The van der Waals surface area contributed by atoms with Crippen LogP contribution in [-0.4, -0.2) is 48.3 Å². The van der Waals surface area contributed by atoms with Crippen molar-refractivity contribution in [1.29, 1.82) is 0 Å².